The number of rotatable bonds is 5. The van der Waals surface area contributed by atoms with Crippen LogP contribution in [0, 0.1) is 5.82 Å². The first-order valence-corrected chi connectivity index (χ1v) is 10.1. The summed E-state index contributed by atoms with van der Waals surface area (Å²) in [6, 6.07) is 2.90. The van der Waals surface area contributed by atoms with Gasteiger partial charge in [-0.15, -0.1) is 0 Å². The van der Waals surface area contributed by atoms with E-state index in [1.807, 2.05) is 0 Å². The third kappa shape index (κ3) is 4.30. The van der Waals surface area contributed by atoms with Gasteiger partial charge in [0, 0.05) is 12.1 Å². The van der Waals surface area contributed by atoms with Crippen LogP contribution in [0.1, 0.15) is 29.6 Å². The summed E-state index contributed by atoms with van der Waals surface area (Å²) >= 11 is 5.79. The molecule has 9 heteroatoms. The highest BCUT2D eigenvalue weighted by atomic mass is 35.5. The first-order chi connectivity index (χ1) is 11.8. The Morgan fingerprint density at radius 3 is 2.52 bits per heavy atom. The SMILES string of the molecule is O=C(OCC(=O)N(C1CC1)[C@H]1CCS(=O)(=O)C1)c1ccc(F)cc1Cl. The summed E-state index contributed by atoms with van der Waals surface area (Å²) in [5.41, 5.74) is -0.0303. The van der Waals surface area contributed by atoms with Gasteiger partial charge < -0.3 is 9.64 Å². The minimum Gasteiger partial charge on any atom is -0.452 e. The van der Waals surface area contributed by atoms with Crippen molar-refractivity contribution >= 4 is 33.3 Å². The Bertz CT molecular complexity index is 809. The second-order valence-corrected chi connectivity index (χ2v) is 8.93. The highest BCUT2D eigenvalue weighted by molar-refractivity contribution is 7.91. The molecule has 136 valence electrons. The van der Waals surface area contributed by atoms with Crippen molar-refractivity contribution in [2.45, 2.75) is 31.3 Å². The normalized spacial score (nSPS) is 21.8. The number of sulfone groups is 1. The molecule has 1 saturated carbocycles. The molecule has 1 aliphatic heterocycles. The molecule has 0 unspecified atom stereocenters. The summed E-state index contributed by atoms with van der Waals surface area (Å²) in [7, 11) is -3.12. The maximum Gasteiger partial charge on any atom is 0.340 e. The third-order valence-electron chi connectivity index (χ3n) is 4.31. The maximum absolute atomic E-state index is 13.0. The third-order valence-corrected chi connectivity index (χ3v) is 6.37. The molecule has 1 aromatic rings. The molecular formula is C16H17ClFNO5S. The molecular weight excluding hydrogens is 373 g/mol. The molecule has 1 aromatic carbocycles. The van der Waals surface area contributed by atoms with Crippen molar-refractivity contribution in [3.05, 3.63) is 34.6 Å². The van der Waals surface area contributed by atoms with Crippen LogP contribution in [0.25, 0.3) is 0 Å². The summed E-state index contributed by atoms with van der Waals surface area (Å²) in [4.78, 5) is 26.0. The molecule has 0 N–H and O–H groups in total. The second-order valence-electron chi connectivity index (χ2n) is 6.29. The van der Waals surface area contributed by atoms with E-state index in [0.717, 1.165) is 25.0 Å². The molecule has 1 amide bonds. The number of nitrogens with zero attached hydrogens (tertiary/aromatic N) is 1. The lowest BCUT2D eigenvalue weighted by Gasteiger charge is -2.28. The molecule has 3 rings (SSSR count). The van der Waals surface area contributed by atoms with Crippen molar-refractivity contribution in [3.63, 3.8) is 0 Å². The molecule has 1 atom stereocenters. The summed E-state index contributed by atoms with van der Waals surface area (Å²) in [5, 5.41) is -0.0987. The predicted octanol–water partition coefficient (Wildman–Crippen LogP) is 1.81. The number of hydrogen-bond acceptors (Lipinski definition) is 5. The molecule has 1 saturated heterocycles. The number of halogens is 2. The van der Waals surface area contributed by atoms with E-state index in [2.05, 4.69) is 0 Å². The van der Waals surface area contributed by atoms with E-state index in [9.17, 15) is 22.4 Å². The van der Waals surface area contributed by atoms with Crippen LogP contribution in [0.5, 0.6) is 0 Å². The molecule has 0 spiro atoms. The molecule has 2 fully saturated rings. The number of benzene rings is 1. The molecule has 0 bridgehead atoms. The zero-order valence-electron chi connectivity index (χ0n) is 13.3. The van der Waals surface area contributed by atoms with Crippen molar-refractivity contribution < 1.29 is 27.1 Å². The standard InChI is InChI=1S/C16H17ClFNO5S/c17-14-7-10(18)1-4-13(14)16(21)24-8-15(20)19(11-2-3-11)12-5-6-25(22,23)9-12/h1,4,7,11-12H,2-3,5-6,8-9H2/t12-/m0/s1. The molecule has 2 aliphatic rings. The molecule has 6 nitrogen and oxygen atoms in total. The summed E-state index contributed by atoms with van der Waals surface area (Å²) < 4.78 is 41.3. The van der Waals surface area contributed by atoms with Gasteiger partial charge in [0.15, 0.2) is 16.4 Å². The van der Waals surface area contributed by atoms with E-state index in [-0.39, 0.29) is 34.2 Å². The number of carbonyl (C=O) groups is 2. The van der Waals surface area contributed by atoms with Gasteiger partial charge in [-0.05, 0) is 37.5 Å². The second kappa shape index (κ2) is 6.92. The average molecular weight is 390 g/mol. The van der Waals surface area contributed by atoms with Crippen LogP contribution in [-0.2, 0) is 19.4 Å². The van der Waals surface area contributed by atoms with Crippen molar-refractivity contribution in [1.29, 1.82) is 0 Å². The van der Waals surface area contributed by atoms with Gasteiger partial charge in [-0.1, -0.05) is 11.6 Å². The van der Waals surface area contributed by atoms with Crippen LogP contribution in [0.15, 0.2) is 18.2 Å². The Morgan fingerprint density at radius 2 is 1.96 bits per heavy atom. The van der Waals surface area contributed by atoms with Gasteiger partial charge in [-0.3, -0.25) is 4.79 Å². The van der Waals surface area contributed by atoms with Gasteiger partial charge >= 0.3 is 5.97 Å². The van der Waals surface area contributed by atoms with Crippen LogP contribution in [0.4, 0.5) is 4.39 Å². The molecule has 1 heterocycles. The van der Waals surface area contributed by atoms with Crippen LogP contribution in [-0.4, -0.2) is 55.4 Å². The van der Waals surface area contributed by atoms with Crippen LogP contribution in [0.2, 0.25) is 5.02 Å². The monoisotopic (exact) mass is 389 g/mol. The summed E-state index contributed by atoms with van der Waals surface area (Å²) in [6.07, 6.45) is 2.04. The molecule has 0 radical (unpaired) electrons. The minimum absolute atomic E-state index is 0.0129. The number of carbonyl (C=O) groups excluding carboxylic acids is 2. The first-order valence-electron chi connectivity index (χ1n) is 7.90. The fourth-order valence-electron chi connectivity index (χ4n) is 2.99. The average Bonchev–Trinajstić information content (AvgIpc) is 3.29. The van der Waals surface area contributed by atoms with E-state index in [0.29, 0.717) is 6.42 Å². The highest BCUT2D eigenvalue weighted by Gasteiger charge is 2.42. The van der Waals surface area contributed by atoms with Crippen molar-refractivity contribution in [2.75, 3.05) is 18.1 Å². The zero-order valence-corrected chi connectivity index (χ0v) is 14.9. The first kappa shape index (κ1) is 18.1. The molecule has 0 aromatic heterocycles. The summed E-state index contributed by atoms with van der Waals surface area (Å²) in [5.74, 6) is -1.81. The quantitative estimate of drug-likeness (QED) is 0.717. The fraction of sp³-hybridized carbons (Fsp3) is 0.500. The Labute approximate surface area is 149 Å². The van der Waals surface area contributed by atoms with Crippen molar-refractivity contribution in [3.8, 4) is 0 Å². The zero-order chi connectivity index (χ0) is 18.2. The Kier molecular flexibility index (Phi) is 5.02. The Balaban J connectivity index is 1.63. The van der Waals surface area contributed by atoms with E-state index in [4.69, 9.17) is 16.3 Å². The lowest BCUT2D eigenvalue weighted by Crippen LogP contribution is -2.44. The number of esters is 1. The van der Waals surface area contributed by atoms with Crippen molar-refractivity contribution in [1.82, 2.24) is 4.90 Å². The van der Waals surface area contributed by atoms with Gasteiger partial charge in [0.05, 0.1) is 22.1 Å². The van der Waals surface area contributed by atoms with Crippen LogP contribution in [0.3, 0.4) is 0 Å². The van der Waals surface area contributed by atoms with E-state index < -0.39 is 34.1 Å². The van der Waals surface area contributed by atoms with Gasteiger partial charge in [0.2, 0.25) is 0 Å². The molecule has 25 heavy (non-hydrogen) atoms. The number of amides is 1. The van der Waals surface area contributed by atoms with Crippen LogP contribution >= 0.6 is 11.6 Å². The molecule has 1 aliphatic carbocycles. The lowest BCUT2D eigenvalue weighted by atomic mass is 10.2. The summed E-state index contributed by atoms with van der Waals surface area (Å²) in [6.45, 7) is -0.500. The van der Waals surface area contributed by atoms with E-state index >= 15 is 0 Å². The Morgan fingerprint density at radius 1 is 1.24 bits per heavy atom. The van der Waals surface area contributed by atoms with Crippen molar-refractivity contribution in [2.24, 2.45) is 0 Å². The topological polar surface area (TPSA) is 80.8 Å². The number of ether oxygens (including phenoxy) is 1. The largest absolute Gasteiger partial charge is 0.452 e. The highest BCUT2D eigenvalue weighted by Crippen LogP contribution is 2.32. The van der Waals surface area contributed by atoms with Gasteiger partial charge in [0.1, 0.15) is 5.82 Å². The fourth-order valence-corrected chi connectivity index (χ4v) is 4.94. The number of hydrogen-bond donors (Lipinski definition) is 0. The predicted molar refractivity (Wildman–Crippen MR) is 88.6 cm³/mol. The van der Waals surface area contributed by atoms with E-state index in [1.165, 1.54) is 6.07 Å². The smallest absolute Gasteiger partial charge is 0.340 e. The van der Waals surface area contributed by atoms with Gasteiger partial charge in [0.25, 0.3) is 5.91 Å². The van der Waals surface area contributed by atoms with Gasteiger partial charge in [-0.25, -0.2) is 17.6 Å². The van der Waals surface area contributed by atoms with Gasteiger partial charge in [-0.2, -0.15) is 0 Å². The lowest BCUT2D eigenvalue weighted by molar-refractivity contribution is -0.137. The maximum atomic E-state index is 13.0. The Hall–Kier alpha value is -1.67. The van der Waals surface area contributed by atoms with Crippen LogP contribution < -0.4 is 0 Å². The van der Waals surface area contributed by atoms with E-state index in [1.54, 1.807) is 4.90 Å². The minimum atomic E-state index is -3.12.